The molecule has 9 heteroatoms. The van der Waals surface area contributed by atoms with Crippen LogP contribution in [0.1, 0.15) is 11.1 Å². The highest BCUT2D eigenvalue weighted by Gasteiger charge is 2.33. The molecule has 3 rings (SSSR count). The fourth-order valence-corrected chi connectivity index (χ4v) is 2.31. The number of benzene rings is 2. The fraction of sp³-hybridized carbons (Fsp3) is 0.125. The molecule has 0 aliphatic carbocycles. The molecule has 2 aromatic carbocycles. The summed E-state index contributed by atoms with van der Waals surface area (Å²) in [5.74, 6) is 1.25. The van der Waals surface area contributed by atoms with Gasteiger partial charge in [0.2, 0.25) is 6.79 Å². The first-order valence-corrected chi connectivity index (χ1v) is 7.50. The highest BCUT2D eigenvalue weighted by molar-refractivity contribution is 7.80. The van der Waals surface area contributed by atoms with Crippen LogP contribution >= 0.6 is 12.2 Å². The van der Waals surface area contributed by atoms with Gasteiger partial charge in [-0.25, -0.2) is 0 Å². The van der Waals surface area contributed by atoms with Crippen molar-refractivity contribution in [2.24, 2.45) is 5.10 Å². The number of ether oxygens (including phenoxy) is 2. The highest BCUT2D eigenvalue weighted by atomic mass is 32.1. The van der Waals surface area contributed by atoms with E-state index in [2.05, 4.69) is 15.8 Å². The van der Waals surface area contributed by atoms with Crippen molar-refractivity contribution < 1.29 is 22.6 Å². The molecule has 0 aromatic heterocycles. The molecule has 0 radical (unpaired) electrons. The van der Waals surface area contributed by atoms with Crippen LogP contribution in [-0.4, -0.2) is 18.1 Å². The molecule has 2 aromatic rings. The maximum Gasteiger partial charge on any atom is 0.418 e. The molecule has 0 spiro atoms. The van der Waals surface area contributed by atoms with Crippen molar-refractivity contribution in [2.45, 2.75) is 6.18 Å². The van der Waals surface area contributed by atoms with Crippen LogP contribution in [0.15, 0.2) is 47.6 Å². The second-order valence-electron chi connectivity index (χ2n) is 4.98. The molecule has 0 bridgehead atoms. The van der Waals surface area contributed by atoms with E-state index < -0.39 is 11.7 Å². The third-order valence-electron chi connectivity index (χ3n) is 3.26. The number of thiocarbonyl (C=S) groups is 1. The molecule has 25 heavy (non-hydrogen) atoms. The molecule has 0 amide bonds. The molecular weight excluding hydrogens is 355 g/mol. The van der Waals surface area contributed by atoms with Gasteiger partial charge in [-0.3, -0.25) is 5.43 Å². The molecule has 5 nitrogen and oxygen atoms in total. The van der Waals surface area contributed by atoms with Crippen molar-refractivity contribution in [2.75, 3.05) is 12.1 Å². The second-order valence-corrected chi connectivity index (χ2v) is 5.39. The number of fused-ring (bicyclic) bond motifs is 1. The number of anilines is 1. The van der Waals surface area contributed by atoms with Gasteiger partial charge in [-0.1, -0.05) is 12.1 Å². The van der Waals surface area contributed by atoms with Crippen LogP contribution in [0, 0.1) is 0 Å². The van der Waals surface area contributed by atoms with E-state index in [4.69, 9.17) is 21.7 Å². The summed E-state index contributed by atoms with van der Waals surface area (Å²) in [6.07, 6.45) is -3.01. The first kappa shape index (κ1) is 17.0. The fourth-order valence-electron chi connectivity index (χ4n) is 2.15. The van der Waals surface area contributed by atoms with Crippen molar-refractivity contribution in [1.29, 1.82) is 0 Å². The Morgan fingerprint density at radius 2 is 1.88 bits per heavy atom. The number of nitrogens with zero attached hydrogens (tertiary/aromatic N) is 1. The van der Waals surface area contributed by atoms with E-state index in [1.165, 1.54) is 24.4 Å². The van der Waals surface area contributed by atoms with E-state index >= 15 is 0 Å². The Labute approximate surface area is 146 Å². The minimum Gasteiger partial charge on any atom is -0.454 e. The Balaban J connectivity index is 1.62. The minimum absolute atomic E-state index is 0.0614. The third kappa shape index (κ3) is 4.18. The molecule has 0 atom stereocenters. The van der Waals surface area contributed by atoms with E-state index in [-0.39, 0.29) is 17.6 Å². The zero-order valence-corrected chi connectivity index (χ0v) is 13.4. The zero-order valence-electron chi connectivity index (χ0n) is 12.6. The molecule has 2 N–H and O–H groups in total. The van der Waals surface area contributed by atoms with E-state index in [0.29, 0.717) is 11.5 Å². The van der Waals surface area contributed by atoms with Crippen molar-refractivity contribution in [3.8, 4) is 11.5 Å². The van der Waals surface area contributed by atoms with Crippen LogP contribution in [0.25, 0.3) is 0 Å². The van der Waals surface area contributed by atoms with Crippen molar-refractivity contribution in [3.63, 3.8) is 0 Å². The lowest BCUT2D eigenvalue weighted by Gasteiger charge is -2.14. The van der Waals surface area contributed by atoms with E-state index in [1.54, 1.807) is 18.2 Å². The molecule has 1 aliphatic heterocycles. The van der Waals surface area contributed by atoms with Gasteiger partial charge < -0.3 is 14.8 Å². The lowest BCUT2D eigenvalue weighted by Crippen LogP contribution is -2.25. The SMILES string of the molecule is FC(F)(F)c1ccccc1NC(=S)N/N=C/c1ccc2c(c1)OCO2. The first-order chi connectivity index (χ1) is 11.9. The number of hydrazone groups is 1. The molecule has 0 saturated carbocycles. The molecule has 1 heterocycles. The van der Waals surface area contributed by atoms with Gasteiger partial charge >= 0.3 is 6.18 Å². The Morgan fingerprint density at radius 3 is 2.68 bits per heavy atom. The molecule has 0 fully saturated rings. The molecule has 0 unspecified atom stereocenters. The van der Waals surface area contributed by atoms with Crippen LogP contribution in [0.5, 0.6) is 11.5 Å². The van der Waals surface area contributed by atoms with Crippen LogP contribution in [0.4, 0.5) is 18.9 Å². The monoisotopic (exact) mass is 367 g/mol. The Morgan fingerprint density at radius 1 is 1.12 bits per heavy atom. The number of halogens is 3. The van der Waals surface area contributed by atoms with Gasteiger partial charge in [0.15, 0.2) is 16.6 Å². The lowest BCUT2D eigenvalue weighted by molar-refractivity contribution is -0.136. The summed E-state index contributed by atoms with van der Waals surface area (Å²) < 4.78 is 49.2. The lowest BCUT2D eigenvalue weighted by atomic mass is 10.2. The topological polar surface area (TPSA) is 54.9 Å². The van der Waals surface area contributed by atoms with E-state index in [9.17, 15) is 13.2 Å². The maximum atomic E-state index is 12.9. The van der Waals surface area contributed by atoms with Crippen LogP contribution < -0.4 is 20.2 Å². The van der Waals surface area contributed by atoms with Crippen molar-refractivity contribution >= 4 is 29.2 Å². The van der Waals surface area contributed by atoms with Gasteiger partial charge in [0, 0.05) is 0 Å². The van der Waals surface area contributed by atoms with Crippen molar-refractivity contribution in [1.82, 2.24) is 5.43 Å². The molecule has 0 saturated heterocycles. The van der Waals surface area contributed by atoms with Gasteiger partial charge in [0.05, 0.1) is 17.5 Å². The predicted molar refractivity (Wildman–Crippen MR) is 91.0 cm³/mol. The summed E-state index contributed by atoms with van der Waals surface area (Å²) in [5.41, 5.74) is 2.24. The molecule has 1 aliphatic rings. The van der Waals surface area contributed by atoms with Gasteiger partial charge in [-0.05, 0) is 48.1 Å². The average Bonchev–Trinajstić information content (AvgIpc) is 3.02. The first-order valence-electron chi connectivity index (χ1n) is 7.09. The summed E-state index contributed by atoms with van der Waals surface area (Å²) in [5, 5.41) is 6.32. The summed E-state index contributed by atoms with van der Waals surface area (Å²) in [6.45, 7) is 0.167. The smallest absolute Gasteiger partial charge is 0.418 e. The third-order valence-corrected chi connectivity index (χ3v) is 3.45. The average molecular weight is 367 g/mol. The predicted octanol–water partition coefficient (Wildman–Crippen LogP) is 3.75. The zero-order chi connectivity index (χ0) is 17.9. The summed E-state index contributed by atoms with van der Waals surface area (Å²) in [7, 11) is 0. The quantitative estimate of drug-likeness (QED) is 0.492. The number of rotatable bonds is 3. The Hall–Kier alpha value is -2.81. The second kappa shape index (κ2) is 6.98. The Kier molecular flexibility index (Phi) is 4.75. The largest absolute Gasteiger partial charge is 0.454 e. The van der Waals surface area contributed by atoms with E-state index in [1.807, 2.05) is 0 Å². The Bertz CT molecular complexity index is 825. The normalized spacial score (nSPS) is 13.1. The van der Waals surface area contributed by atoms with Gasteiger partial charge in [-0.15, -0.1) is 0 Å². The molecule has 130 valence electrons. The van der Waals surface area contributed by atoms with Gasteiger partial charge in [0.25, 0.3) is 0 Å². The summed E-state index contributed by atoms with van der Waals surface area (Å²) >= 11 is 4.97. The number of nitrogens with one attached hydrogen (secondary N) is 2. The maximum absolute atomic E-state index is 12.9. The number of para-hydroxylation sites is 1. The number of hydrogen-bond acceptors (Lipinski definition) is 4. The van der Waals surface area contributed by atoms with Gasteiger partial charge in [-0.2, -0.15) is 18.3 Å². The summed E-state index contributed by atoms with van der Waals surface area (Å²) in [6, 6.07) is 10.3. The highest BCUT2D eigenvalue weighted by Crippen LogP contribution is 2.34. The standard InChI is InChI=1S/C16H12F3N3O2S/c17-16(18,19)11-3-1-2-4-12(11)21-15(25)22-20-8-10-5-6-13-14(7-10)24-9-23-13/h1-8H,9H2,(H2,21,22,25)/b20-8+. The van der Waals surface area contributed by atoms with E-state index in [0.717, 1.165) is 11.6 Å². The minimum atomic E-state index is -4.48. The van der Waals surface area contributed by atoms with Crippen LogP contribution in [-0.2, 0) is 6.18 Å². The van der Waals surface area contributed by atoms with Crippen molar-refractivity contribution in [3.05, 3.63) is 53.6 Å². The van der Waals surface area contributed by atoms with Crippen LogP contribution in [0.2, 0.25) is 0 Å². The molecular formula is C16H12F3N3O2S. The number of hydrogen-bond donors (Lipinski definition) is 2. The van der Waals surface area contributed by atoms with Gasteiger partial charge in [0.1, 0.15) is 0 Å². The number of alkyl halides is 3. The summed E-state index contributed by atoms with van der Waals surface area (Å²) in [4.78, 5) is 0. The van der Waals surface area contributed by atoms with Crippen LogP contribution in [0.3, 0.4) is 0 Å².